The first-order valence-electron chi connectivity index (χ1n) is 6.53. The Morgan fingerprint density at radius 3 is 2.48 bits per heavy atom. The third-order valence-corrected chi connectivity index (χ3v) is 4.73. The number of benzene rings is 1. The number of furan rings is 1. The summed E-state index contributed by atoms with van der Waals surface area (Å²) in [6, 6.07) is 7.34. The first-order valence-corrected chi connectivity index (χ1v) is 7.33. The molecule has 0 N–H and O–H groups in total. The van der Waals surface area contributed by atoms with Crippen molar-refractivity contribution >= 4 is 51.2 Å². The summed E-state index contributed by atoms with van der Waals surface area (Å²) in [5.41, 5.74) is 1.05. The molecule has 0 atom stereocenters. The SMILES string of the molecule is C[N+]12CC(=O)O[B-]1(c1cc3cc(Br)ccc3o1)OC(=O)C2. The number of fused-ring (bicyclic) bond motifs is 2. The van der Waals surface area contributed by atoms with Crippen LogP contribution in [0.3, 0.4) is 0 Å². The standard InChI is InChI=1S/C13H11BBrNO5/c1-16-6-12(17)20-14(16,21-13(18)7-16)11-5-8-4-9(15)2-3-10(8)19-11/h2-5H,6-7H2,1H3. The van der Waals surface area contributed by atoms with Gasteiger partial charge in [0.05, 0.1) is 0 Å². The van der Waals surface area contributed by atoms with Gasteiger partial charge in [0.25, 0.3) is 0 Å². The average Bonchev–Trinajstić information content (AvgIpc) is 2.95. The lowest BCUT2D eigenvalue weighted by Gasteiger charge is -2.38. The van der Waals surface area contributed by atoms with Crippen molar-refractivity contribution in [3.8, 4) is 0 Å². The lowest BCUT2D eigenvalue weighted by atomic mass is 9.65. The maximum atomic E-state index is 11.8. The van der Waals surface area contributed by atoms with Crippen LogP contribution < -0.4 is 5.66 Å². The maximum absolute atomic E-state index is 11.8. The highest BCUT2D eigenvalue weighted by molar-refractivity contribution is 9.10. The highest BCUT2D eigenvalue weighted by atomic mass is 79.9. The Labute approximate surface area is 128 Å². The van der Waals surface area contributed by atoms with E-state index in [0.717, 1.165) is 9.86 Å². The second-order valence-electron chi connectivity index (χ2n) is 5.78. The molecule has 0 saturated carbocycles. The molecule has 1 aromatic heterocycles. The van der Waals surface area contributed by atoms with Gasteiger partial charge in [-0.1, -0.05) is 15.9 Å². The van der Waals surface area contributed by atoms with Gasteiger partial charge in [-0.3, -0.25) is 9.59 Å². The van der Waals surface area contributed by atoms with Crippen LogP contribution >= 0.6 is 15.9 Å². The van der Waals surface area contributed by atoms with E-state index in [-0.39, 0.29) is 29.4 Å². The number of quaternary nitrogens is 1. The summed E-state index contributed by atoms with van der Waals surface area (Å²) in [6.07, 6.45) is 0. The molecule has 2 saturated heterocycles. The Morgan fingerprint density at radius 1 is 1.14 bits per heavy atom. The van der Waals surface area contributed by atoms with E-state index in [1.165, 1.54) is 0 Å². The van der Waals surface area contributed by atoms with Gasteiger partial charge in [-0.15, -0.1) is 0 Å². The summed E-state index contributed by atoms with van der Waals surface area (Å²) in [6.45, 7) is -2.09. The van der Waals surface area contributed by atoms with E-state index in [1.807, 2.05) is 18.2 Å². The van der Waals surface area contributed by atoms with Crippen molar-refractivity contribution in [3.63, 3.8) is 0 Å². The highest BCUT2D eigenvalue weighted by Crippen LogP contribution is 2.34. The monoisotopic (exact) mass is 351 g/mol. The second kappa shape index (κ2) is 3.89. The van der Waals surface area contributed by atoms with Crippen LogP contribution in [0, 0.1) is 0 Å². The van der Waals surface area contributed by atoms with Crippen LogP contribution in [0.25, 0.3) is 11.0 Å². The Balaban J connectivity index is 1.92. The third-order valence-electron chi connectivity index (χ3n) is 4.24. The van der Waals surface area contributed by atoms with E-state index in [1.54, 1.807) is 13.1 Å². The lowest BCUT2D eigenvalue weighted by molar-refractivity contribution is -0.791. The molecule has 2 aromatic rings. The molecule has 0 radical (unpaired) electrons. The number of rotatable bonds is 1. The fraction of sp³-hybridized carbons (Fsp3) is 0.231. The first-order chi connectivity index (χ1) is 9.92. The Morgan fingerprint density at radius 2 is 1.81 bits per heavy atom. The molecule has 4 rings (SSSR count). The van der Waals surface area contributed by atoms with Gasteiger partial charge < -0.3 is 18.1 Å². The minimum absolute atomic E-state index is 0.0820. The molecule has 0 amide bonds. The van der Waals surface area contributed by atoms with E-state index in [0.29, 0.717) is 11.2 Å². The Bertz CT molecular complexity index is 781. The van der Waals surface area contributed by atoms with E-state index in [2.05, 4.69) is 15.9 Å². The van der Waals surface area contributed by atoms with E-state index in [4.69, 9.17) is 13.7 Å². The Kier molecular flexibility index (Phi) is 2.39. The number of carbonyl (C=O) groups excluding carboxylic acids is 2. The second-order valence-corrected chi connectivity index (χ2v) is 6.69. The quantitative estimate of drug-likeness (QED) is 0.714. The van der Waals surface area contributed by atoms with Gasteiger partial charge in [-0.2, -0.15) is 0 Å². The molecule has 0 aliphatic carbocycles. The number of hydrogen-bond acceptors (Lipinski definition) is 5. The minimum Gasteiger partial charge on any atom is -0.594 e. The predicted molar refractivity (Wildman–Crippen MR) is 77.4 cm³/mol. The van der Waals surface area contributed by atoms with E-state index in [9.17, 15) is 9.59 Å². The zero-order valence-electron chi connectivity index (χ0n) is 11.2. The summed E-state index contributed by atoms with van der Waals surface area (Å²) in [5.74, 6) is -0.765. The lowest BCUT2D eigenvalue weighted by Crippen LogP contribution is -2.67. The predicted octanol–water partition coefficient (Wildman–Crippen LogP) is 0.901. The van der Waals surface area contributed by atoms with Gasteiger partial charge >= 0.3 is 18.6 Å². The van der Waals surface area contributed by atoms with E-state index < -0.39 is 6.69 Å². The van der Waals surface area contributed by atoms with Gasteiger partial charge in [-0.05, 0) is 24.3 Å². The maximum Gasteiger partial charge on any atom is 0.648 e. The van der Waals surface area contributed by atoms with Crippen LogP contribution in [-0.2, 0) is 18.9 Å². The summed E-state index contributed by atoms with van der Waals surface area (Å²) < 4.78 is 17.7. The molecule has 3 heterocycles. The van der Waals surface area contributed by atoms with Crippen molar-refractivity contribution in [3.05, 3.63) is 28.7 Å². The summed E-state index contributed by atoms with van der Waals surface area (Å²) in [5, 5.41) is 0.855. The molecular formula is C13H11BBrNO5. The molecule has 21 heavy (non-hydrogen) atoms. The zero-order valence-corrected chi connectivity index (χ0v) is 12.8. The van der Waals surface area contributed by atoms with E-state index >= 15 is 0 Å². The van der Waals surface area contributed by atoms with Crippen LogP contribution in [0.15, 0.2) is 33.2 Å². The summed E-state index contributed by atoms with van der Waals surface area (Å²) >= 11 is 3.40. The zero-order chi connectivity index (χ0) is 14.8. The van der Waals surface area contributed by atoms with Crippen molar-refractivity contribution in [2.45, 2.75) is 0 Å². The molecule has 0 bridgehead atoms. The molecule has 2 fully saturated rings. The number of nitrogens with zero attached hydrogens (tertiary/aromatic N) is 1. The van der Waals surface area contributed by atoms with Crippen LogP contribution in [0.4, 0.5) is 0 Å². The fourth-order valence-corrected chi connectivity index (χ4v) is 3.61. The molecule has 8 heteroatoms. The van der Waals surface area contributed by atoms with Crippen molar-refractivity contribution < 1.29 is 27.7 Å². The summed E-state index contributed by atoms with van der Waals surface area (Å²) in [7, 11) is 1.78. The van der Waals surface area contributed by atoms with Crippen LogP contribution in [0.1, 0.15) is 0 Å². The molecule has 6 nitrogen and oxygen atoms in total. The number of halogens is 1. The third kappa shape index (κ3) is 1.63. The smallest absolute Gasteiger partial charge is 0.594 e. The molecule has 0 unspecified atom stereocenters. The van der Waals surface area contributed by atoms with Crippen LogP contribution in [0.2, 0.25) is 0 Å². The average molecular weight is 352 g/mol. The molecule has 108 valence electrons. The van der Waals surface area contributed by atoms with Crippen molar-refractivity contribution in [1.29, 1.82) is 0 Å². The number of carbonyl (C=O) groups is 2. The number of likely N-dealkylation sites (N-methyl/N-ethyl adjacent to an activating group) is 1. The molecule has 0 spiro atoms. The van der Waals surface area contributed by atoms with Crippen LogP contribution in [-0.4, -0.2) is 43.2 Å². The van der Waals surface area contributed by atoms with Crippen molar-refractivity contribution in [2.75, 3.05) is 20.1 Å². The molecule has 2 aliphatic heterocycles. The fourth-order valence-electron chi connectivity index (χ4n) is 3.23. The number of hydrogen-bond donors (Lipinski definition) is 0. The first kappa shape index (κ1) is 12.9. The largest absolute Gasteiger partial charge is 0.648 e. The van der Waals surface area contributed by atoms with Crippen molar-refractivity contribution in [1.82, 2.24) is 0 Å². The molecule has 1 aromatic carbocycles. The highest BCUT2D eigenvalue weighted by Gasteiger charge is 2.68. The van der Waals surface area contributed by atoms with Crippen LogP contribution in [0.5, 0.6) is 0 Å². The summed E-state index contributed by atoms with van der Waals surface area (Å²) in [4.78, 5) is 23.5. The van der Waals surface area contributed by atoms with Gasteiger partial charge in [0.15, 0.2) is 0 Å². The minimum atomic E-state index is -2.30. The molecule has 2 aliphatic rings. The van der Waals surface area contributed by atoms with Gasteiger partial charge in [-0.25, -0.2) is 0 Å². The van der Waals surface area contributed by atoms with Gasteiger partial charge in [0, 0.05) is 16.9 Å². The topological polar surface area (TPSA) is 65.7 Å². The van der Waals surface area contributed by atoms with Gasteiger partial charge in [0.1, 0.15) is 24.3 Å². The van der Waals surface area contributed by atoms with Crippen molar-refractivity contribution in [2.24, 2.45) is 0 Å². The normalized spacial score (nSPS) is 31.3. The molecular weight excluding hydrogens is 341 g/mol. The Hall–Kier alpha value is -1.80. The van der Waals surface area contributed by atoms with Gasteiger partial charge in [0.2, 0.25) is 0 Å².